The van der Waals surface area contributed by atoms with E-state index in [4.69, 9.17) is 14.6 Å². The van der Waals surface area contributed by atoms with Crippen LogP contribution in [-0.4, -0.2) is 27.1 Å². The van der Waals surface area contributed by atoms with Crippen LogP contribution in [0.1, 0.15) is 62.5 Å². The van der Waals surface area contributed by atoms with E-state index in [2.05, 4.69) is 22.1 Å². The third-order valence-corrected chi connectivity index (χ3v) is 6.38. The van der Waals surface area contributed by atoms with Crippen molar-refractivity contribution in [1.29, 1.82) is 0 Å². The third-order valence-electron chi connectivity index (χ3n) is 6.38. The van der Waals surface area contributed by atoms with Crippen LogP contribution in [-0.2, 0) is 4.79 Å². The fourth-order valence-corrected chi connectivity index (χ4v) is 4.62. The molecule has 1 aromatic heterocycles. The maximum Gasteiger partial charge on any atom is 0.303 e. The summed E-state index contributed by atoms with van der Waals surface area (Å²) in [5, 5.41) is 8.79. The Balaban J connectivity index is 1.45. The van der Waals surface area contributed by atoms with Crippen LogP contribution in [0.15, 0.2) is 59.9 Å². The SMILES string of the molecule is Cc1cc(OC2CCCCC2)cc(C)c1-c1cncc(OC=C2C=CC(CCC(=O)O)=C(F)C2)n1. The number of carboxylic acid groups (broad SMARTS) is 1. The summed E-state index contributed by atoms with van der Waals surface area (Å²) in [5.41, 5.74) is 4.83. The van der Waals surface area contributed by atoms with Gasteiger partial charge in [0.15, 0.2) is 0 Å². The number of nitrogens with zero attached hydrogens (tertiary/aromatic N) is 2. The first-order valence-electron chi connectivity index (χ1n) is 12.1. The smallest absolute Gasteiger partial charge is 0.303 e. The van der Waals surface area contributed by atoms with Gasteiger partial charge in [0.1, 0.15) is 11.6 Å². The summed E-state index contributed by atoms with van der Waals surface area (Å²) in [4.78, 5) is 19.6. The van der Waals surface area contributed by atoms with E-state index in [9.17, 15) is 9.18 Å². The maximum absolute atomic E-state index is 14.3. The molecule has 7 heteroatoms. The molecule has 0 bridgehead atoms. The Kier molecular flexibility index (Phi) is 7.95. The summed E-state index contributed by atoms with van der Waals surface area (Å²) < 4.78 is 26.3. The van der Waals surface area contributed by atoms with Gasteiger partial charge in [-0.05, 0) is 80.4 Å². The second kappa shape index (κ2) is 11.3. The van der Waals surface area contributed by atoms with Crippen molar-refractivity contribution in [1.82, 2.24) is 9.97 Å². The Hall–Kier alpha value is -3.48. The maximum atomic E-state index is 14.3. The fraction of sp³-hybridized carbons (Fsp3) is 0.393. The number of carbonyl (C=O) groups is 1. The second-order valence-electron chi connectivity index (χ2n) is 9.20. The lowest BCUT2D eigenvalue weighted by atomic mass is 9.97. The molecule has 1 aromatic carbocycles. The first-order valence-corrected chi connectivity index (χ1v) is 12.1. The zero-order chi connectivity index (χ0) is 24.8. The molecule has 1 saturated carbocycles. The lowest BCUT2D eigenvalue weighted by Crippen LogP contribution is -2.19. The molecule has 1 fully saturated rings. The monoisotopic (exact) mass is 478 g/mol. The average molecular weight is 479 g/mol. The van der Waals surface area contributed by atoms with Crippen molar-refractivity contribution >= 4 is 5.97 Å². The van der Waals surface area contributed by atoms with Gasteiger partial charge in [-0.25, -0.2) is 9.37 Å². The van der Waals surface area contributed by atoms with Crippen molar-refractivity contribution in [2.24, 2.45) is 0 Å². The summed E-state index contributed by atoms with van der Waals surface area (Å²) in [6.45, 7) is 4.08. The highest BCUT2D eigenvalue weighted by Gasteiger charge is 2.17. The Morgan fingerprint density at radius 1 is 1.14 bits per heavy atom. The van der Waals surface area contributed by atoms with Crippen LogP contribution in [0.2, 0.25) is 0 Å². The number of aromatic nitrogens is 2. The van der Waals surface area contributed by atoms with Gasteiger partial charge < -0.3 is 14.6 Å². The van der Waals surface area contributed by atoms with Gasteiger partial charge in [-0.1, -0.05) is 18.6 Å². The molecule has 0 radical (unpaired) electrons. The molecule has 2 aliphatic rings. The van der Waals surface area contributed by atoms with E-state index in [1.165, 1.54) is 31.7 Å². The van der Waals surface area contributed by atoms with Crippen molar-refractivity contribution in [3.8, 4) is 22.9 Å². The quantitative estimate of drug-likeness (QED) is 0.421. The number of allylic oxidation sites excluding steroid dienone is 5. The molecular formula is C28H31FN2O4. The zero-order valence-corrected chi connectivity index (χ0v) is 20.2. The Morgan fingerprint density at radius 3 is 2.57 bits per heavy atom. The lowest BCUT2D eigenvalue weighted by molar-refractivity contribution is -0.136. The van der Waals surface area contributed by atoms with Crippen molar-refractivity contribution in [3.05, 3.63) is 71.0 Å². The van der Waals surface area contributed by atoms with Gasteiger partial charge in [0.2, 0.25) is 5.88 Å². The number of aryl methyl sites for hydroxylation is 2. The minimum absolute atomic E-state index is 0.0548. The van der Waals surface area contributed by atoms with Gasteiger partial charge in [0.05, 0.1) is 30.5 Å². The number of benzene rings is 1. The molecule has 35 heavy (non-hydrogen) atoms. The number of rotatable bonds is 8. The van der Waals surface area contributed by atoms with E-state index in [0.717, 1.165) is 35.3 Å². The van der Waals surface area contributed by atoms with Crippen molar-refractivity contribution in [2.45, 2.75) is 71.3 Å². The number of carboxylic acids is 1. The standard InChI is InChI=1S/C28H31FN2O4/c1-18-12-23(35-22-6-4-3-5-7-22)13-19(2)28(18)25-15-30-16-26(31-25)34-17-20-8-9-21(24(29)14-20)10-11-27(32)33/h8-9,12-13,15-17,22H,3-7,10-11,14H2,1-2H3,(H,32,33). The molecule has 0 amide bonds. The van der Waals surface area contributed by atoms with Gasteiger partial charge in [-0.3, -0.25) is 9.78 Å². The van der Waals surface area contributed by atoms with E-state index in [1.54, 1.807) is 18.3 Å². The van der Waals surface area contributed by atoms with E-state index in [0.29, 0.717) is 28.8 Å². The number of aliphatic carboxylic acids is 1. The minimum atomic E-state index is -0.946. The Bertz CT molecular complexity index is 1160. The fourth-order valence-electron chi connectivity index (χ4n) is 4.62. The highest BCUT2D eigenvalue weighted by Crippen LogP contribution is 2.32. The molecule has 1 heterocycles. The number of hydrogen-bond donors (Lipinski definition) is 1. The van der Waals surface area contributed by atoms with E-state index < -0.39 is 5.97 Å². The Morgan fingerprint density at radius 2 is 1.89 bits per heavy atom. The van der Waals surface area contributed by atoms with Gasteiger partial charge in [-0.2, -0.15) is 0 Å². The molecule has 0 atom stereocenters. The summed E-state index contributed by atoms with van der Waals surface area (Å²) in [6, 6.07) is 4.11. The predicted molar refractivity (Wildman–Crippen MR) is 132 cm³/mol. The highest BCUT2D eigenvalue weighted by atomic mass is 19.1. The lowest BCUT2D eigenvalue weighted by Gasteiger charge is -2.24. The third kappa shape index (κ3) is 6.56. The van der Waals surface area contributed by atoms with Crippen molar-refractivity contribution in [3.63, 3.8) is 0 Å². The van der Waals surface area contributed by atoms with Crippen LogP contribution >= 0.6 is 0 Å². The minimum Gasteiger partial charge on any atom is -0.490 e. The van der Waals surface area contributed by atoms with E-state index in [1.807, 2.05) is 13.8 Å². The van der Waals surface area contributed by atoms with Crippen LogP contribution in [0.25, 0.3) is 11.3 Å². The predicted octanol–water partition coefficient (Wildman–Crippen LogP) is 6.78. The molecule has 0 spiro atoms. The number of ether oxygens (including phenoxy) is 2. The summed E-state index contributed by atoms with van der Waals surface area (Å²) >= 11 is 0. The first kappa shape index (κ1) is 24.6. The second-order valence-corrected chi connectivity index (χ2v) is 9.20. The summed E-state index contributed by atoms with van der Waals surface area (Å²) in [7, 11) is 0. The molecule has 2 aromatic rings. The van der Waals surface area contributed by atoms with Gasteiger partial charge in [0.25, 0.3) is 0 Å². The van der Waals surface area contributed by atoms with Crippen LogP contribution in [0.4, 0.5) is 4.39 Å². The number of halogens is 1. The summed E-state index contributed by atoms with van der Waals surface area (Å²) in [5.74, 6) is -0.0858. The molecule has 4 rings (SSSR count). The van der Waals surface area contributed by atoms with Crippen molar-refractivity contribution < 1.29 is 23.8 Å². The zero-order valence-electron chi connectivity index (χ0n) is 20.2. The molecule has 1 N–H and O–H groups in total. The molecule has 2 aliphatic carbocycles. The van der Waals surface area contributed by atoms with Crippen LogP contribution in [0, 0.1) is 13.8 Å². The molecule has 0 unspecified atom stereocenters. The van der Waals surface area contributed by atoms with E-state index >= 15 is 0 Å². The van der Waals surface area contributed by atoms with Gasteiger partial charge >= 0.3 is 5.97 Å². The van der Waals surface area contributed by atoms with Crippen molar-refractivity contribution in [2.75, 3.05) is 0 Å². The first-order chi connectivity index (χ1) is 16.9. The normalized spacial score (nSPS) is 17.6. The van der Waals surface area contributed by atoms with E-state index in [-0.39, 0.29) is 25.1 Å². The molecule has 6 nitrogen and oxygen atoms in total. The largest absolute Gasteiger partial charge is 0.490 e. The molecule has 0 aliphatic heterocycles. The van der Waals surface area contributed by atoms with Gasteiger partial charge in [-0.15, -0.1) is 0 Å². The summed E-state index contributed by atoms with van der Waals surface area (Å²) in [6.07, 6.45) is 14.4. The van der Waals surface area contributed by atoms with Crippen LogP contribution < -0.4 is 9.47 Å². The van der Waals surface area contributed by atoms with Crippen LogP contribution in [0.5, 0.6) is 11.6 Å². The van der Waals surface area contributed by atoms with Crippen LogP contribution in [0.3, 0.4) is 0 Å². The van der Waals surface area contributed by atoms with Gasteiger partial charge in [0, 0.05) is 18.4 Å². The highest BCUT2D eigenvalue weighted by molar-refractivity contribution is 5.69. The topological polar surface area (TPSA) is 81.5 Å². The molecular weight excluding hydrogens is 447 g/mol. The number of hydrogen-bond acceptors (Lipinski definition) is 5. The molecule has 184 valence electrons. The average Bonchev–Trinajstić information content (AvgIpc) is 2.82. The molecule has 0 saturated heterocycles. The Labute approximate surface area is 205 Å².